The number of hydrogen-bond acceptors (Lipinski definition) is 3. The van der Waals surface area contributed by atoms with Crippen molar-refractivity contribution in [3.63, 3.8) is 0 Å². The van der Waals surface area contributed by atoms with Crippen molar-refractivity contribution in [3.05, 3.63) is 18.1 Å². The van der Waals surface area contributed by atoms with Gasteiger partial charge in [0.2, 0.25) is 0 Å². The average Bonchev–Trinajstić information content (AvgIpc) is 2.33. The van der Waals surface area contributed by atoms with Crippen LogP contribution in [0, 0.1) is 0 Å². The molecule has 0 amide bonds. The first-order valence-corrected chi connectivity index (χ1v) is 3.87. The van der Waals surface area contributed by atoms with Crippen molar-refractivity contribution in [2.45, 2.75) is 11.4 Å². The topological polar surface area (TPSA) is 25.8 Å². The molecule has 0 aromatic carbocycles. The number of thioether (sulfide) groups is 1. The van der Waals surface area contributed by atoms with Crippen molar-refractivity contribution < 1.29 is 0 Å². The maximum Gasteiger partial charge on any atom is 0.116 e. The Labute approximate surface area is 57.7 Å². The van der Waals surface area contributed by atoms with Gasteiger partial charge in [0, 0.05) is 17.5 Å². The zero-order valence-corrected chi connectivity index (χ0v) is 5.69. The molecule has 1 aliphatic rings. The summed E-state index contributed by atoms with van der Waals surface area (Å²) in [5.74, 6) is 1.17. The van der Waals surface area contributed by atoms with Gasteiger partial charge in [-0.15, -0.1) is 11.8 Å². The zero-order valence-electron chi connectivity index (χ0n) is 4.87. The molecule has 2 heterocycles. The number of rotatable bonds is 0. The Morgan fingerprint density at radius 2 is 2.56 bits per heavy atom. The largest absolute Gasteiger partial charge is 0.244 e. The minimum absolute atomic E-state index is 1.14. The third-order valence-electron chi connectivity index (χ3n) is 1.36. The number of nitrogens with zero attached hydrogens (tertiary/aromatic N) is 2. The van der Waals surface area contributed by atoms with E-state index in [9.17, 15) is 0 Å². The molecule has 0 atom stereocenters. The van der Waals surface area contributed by atoms with Gasteiger partial charge in [0.1, 0.15) is 11.4 Å². The fourth-order valence-electron chi connectivity index (χ4n) is 0.906. The predicted octanol–water partition coefficient (Wildman–Crippen LogP) is 1.12. The van der Waals surface area contributed by atoms with Crippen LogP contribution in [0.4, 0.5) is 0 Å². The van der Waals surface area contributed by atoms with Gasteiger partial charge >= 0.3 is 0 Å². The van der Waals surface area contributed by atoms with E-state index in [-0.39, 0.29) is 0 Å². The minimum atomic E-state index is 1.14. The van der Waals surface area contributed by atoms with Crippen LogP contribution >= 0.6 is 11.8 Å². The van der Waals surface area contributed by atoms with Gasteiger partial charge in [-0.3, -0.25) is 0 Å². The Hall–Kier alpha value is -0.570. The summed E-state index contributed by atoms with van der Waals surface area (Å²) in [4.78, 5) is 8.04. The van der Waals surface area contributed by atoms with Gasteiger partial charge < -0.3 is 0 Å². The summed E-state index contributed by atoms with van der Waals surface area (Å²) in [5.41, 5.74) is 1.31. The number of aryl methyl sites for hydroxylation is 1. The fourth-order valence-corrected chi connectivity index (χ4v) is 1.88. The molecule has 0 aliphatic carbocycles. The Morgan fingerprint density at radius 1 is 1.56 bits per heavy atom. The van der Waals surface area contributed by atoms with Crippen LogP contribution in [0.2, 0.25) is 0 Å². The van der Waals surface area contributed by atoms with E-state index >= 15 is 0 Å². The quantitative estimate of drug-likeness (QED) is 0.502. The van der Waals surface area contributed by atoms with Gasteiger partial charge in [-0.1, -0.05) is 0 Å². The third kappa shape index (κ3) is 0.812. The monoisotopic (exact) mass is 138 g/mol. The van der Waals surface area contributed by atoms with Crippen LogP contribution in [-0.4, -0.2) is 15.7 Å². The molecule has 0 fully saturated rings. The van der Waals surface area contributed by atoms with Crippen molar-refractivity contribution in [2.75, 3.05) is 5.75 Å². The number of hydrogen-bond donors (Lipinski definition) is 0. The van der Waals surface area contributed by atoms with Gasteiger partial charge in [-0.2, -0.15) is 0 Å². The van der Waals surface area contributed by atoms with Crippen LogP contribution in [0.1, 0.15) is 5.56 Å². The van der Waals surface area contributed by atoms with Gasteiger partial charge in [0.05, 0.1) is 0 Å². The SMILES string of the molecule is c1ncc2c(n1)SCC2. The lowest BCUT2D eigenvalue weighted by atomic mass is 10.3. The molecule has 1 aromatic rings. The van der Waals surface area contributed by atoms with Crippen LogP contribution in [0.15, 0.2) is 17.6 Å². The summed E-state index contributed by atoms with van der Waals surface area (Å²) in [6.45, 7) is 0. The summed E-state index contributed by atoms with van der Waals surface area (Å²) < 4.78 is 0. The van der Waals surface area contributed by atoms with Crippen LogP contribution in [0.3, 0.4) is 0 Å². The molecule has 0 unspecified atom stereocenters. The summed E-state index contributed by atoms with van der Waals surface area (Å²) in [5, 5.41) is 1.17. The summed E-state index contributed by atoms with van der Waals surface area (Å²) in [6.07, 6.45) is 4.65. The van der Waals surface area contributed by atoms with E-state index in [4.69, 9.17) is 0 Å². The van der Waals surface area contributed by atoms with Crippen molar-refractivity contribution in [1.82, 2.24) is 9.97 Å². The molecule has 2 nitrogen and oxygen atoms in total. The Balaban J connectivity index is 2.54. The molecule has 0 bridgehead atoms. The van der Waals surface area contributed by atoms with Crippen molar-refractivity contribution in [3.8, 4) is 0 Å². The zero-order chi connectivity index (χ0) is 6.10. The summed E-state index contributed by atoms with van der Waals surface area (Å²) >= 11 is 1.82. The molecule has 46 valence electrons. The summed E-state index contributed by atoms with van der Waals surface area (Å²) in [6, 6.07) is 0. The Morgan fingerprint density at radius 3 is 3.44 bits per heavy atom. The lowest BCUT2D eigenvalue weighted by Crippen LogP contribution is -1.83. The van der Waals surface area contributed by atoms with Crippen molar-refractivity contribution >= 4 is 11.8 Å². The van der Waals surface area contributed by atoms with Crippen LogP contribution in [0.25, 0.3) is 0 Å². The van der Waals surface area contributed by atoms with E-state index in [1.54, 1.807) is 6.33 Å². The highest BCUT2D eigenvalue weighted by atomic mass is 32.2. The molecule has 0 N–H and O–H groups in total. The molecule has 1 aromatic heterocycles. The molecule has 0 spiro atoms. The van der Waals surface area contributed by atoms with E-state index in [2.05, 4.69) is 9.97 Å². The standard InChI is InChI=1S/C6H6N2S/c1-2-9-6-5(1)3-7-4-8-6/h3-4H,1-2H2. The van der Waals surface area contributed by atoms with Gasteiger partial charge in [-0.05, 0) is 6.42 Å². The lowest BCUT2D eigenvalue weighted by molar-refractivity contribution is 0.982. The number of fused-ring (bicyclic) bond motifs is 1. The van der Waals surface area contributed by atoms with Gasteiger partial charge in [0.25, 0.3) is 0 Å². The van der Waals surface area contributed by atoms with Crippen molar-refractivity contribution in [2.24, 2.45) is 0 Å². The molecule has 0 saturated heterocycles. The van der Waals surface area contributed by atoms with Gasteiger partial charge in [-0.25, -0.2) is 9.97 Å². The molecule has 0 saturated carbocycles. The van der Waals surface area contributed by atoms with E-state index in [1.807, 2.05) is 18.0 Å². The molecule has 3 heteroatoms. The third-order valence-corrected chi connectivity index (χ3v) is 2.41. The second-order valence-corrected chi connectivity index (χ2v) is 3.04. The first-order valence-electron chi connectivity index (χ1n) is 2.88. The molecule has 1 aliphatic heterocycles. The minimum Gasteiger partial charge on any atom is -0.244 e. The predicted molar refractivity (Wildman–Crippen MR) is 36.5 cm³/mol. The van der Waals surface area contributed by atoms with Gasteiger partial charge in [0.15, 0.2) is 0 Å². The first-order chi connectivity index (χ1) is 4.47. The molecule has 0 radical (unpaired) electrons. The maximum atomic E-state index is 4.11. The molecule has 9 heavy (non-hydrogen) atoms. The molecular weight excluding hydrogens is 132 g/mol. The summed E-state index contributed by atoms with van der Waals surface area (Å²) in [7, 11) is 0. The second-order valence-electron chi connectivity index (χ2n) is 1.95. The van der Waals surface area contributed by atoms with E-state index in [0.29, 0.717) is 0 Å². The molecule has 2 rings (SSSR count). The van der Waals surface area contributed by atoms with E-state index in [0.717, 1.165) is 6.42 Å². The van der Waals surface area contributed by atoms with Crippen LogP contribution < -0.4 is 0 Å². The van der Waals surface area contributed by atoms with Crippen molar-refractivity contribution in [1.29, 1.82) is 0 Å². The Kier molecular flexibility index (Phi) is 1.16. The fraction of sp³-hybridized carbons (Fsp3) is 0.333. The highest BCUT2D eigenvalue weighted by Crippen LogP contribution is 2.27. The lowest BCUT2D eigenvalue weighted by Gasteiger charge is -1.90. The molecular formula is C6H6N2S. The smallest absolute Gasteiger partial charge is 0.116 e. The normalized spacial score (nSPS) is 15.6. The van der Waals surface area contributed by atoms with E-state index < -0.39 is 0 Å². The second kappa shape index (κ2) is 1.99. The highest BCUT2D eigenvalue weighted by Gasteiger charge is 2.10. The van der Waals surface area contributed by atoms with Crippen LogP contribution in [-0.2, 0) is 6.42 Å². The highest BCUT2D eigenvalue weighted by molar-refractivity contribution is 7.99. The average molecular weight is 138 g/mol. The first kappa shape index (κ1) is 5.23. The Bertz CT molecular complexity index is 201. The van der Waals surface area contributed by atoms with Crippen LogP contribution in [0.5, 0.6) is 0 Å². The maximum absolute atomic E-state index is 4.11. The van der Waals surface area contributed by atoms with E-state index in [1.165, 1.54) is 16.3 Å². The number of aromatic nitrogens is 2.